The summed E-state index contributed by atoms with van der Waals surface area (Å²) in [6.07, 6.45) is 0. The number of amides is 1. The maximum Gasteiger partial charge on any atom is 0.263 e. The largest absolute Gasteiger partial charge is 0.287 e. The summed E-state index contributed by atoms with van der Waals surface area (Å²) in [4.78, 5) is 36.9. The van der Waals surface area contributed by atoms with Crippen LogP contribution in [-0.2, 0) is 22.8 Å². The van der Waals surface area contributed by atoms with Gasteiger partial charge >= 0.3 is 0 Å². The number of carbonyl (C=O) groups excluding carboxylic acids is 1. The monoisotopic (exact) mass is 457 g/mol. The summed E-state index contributed by atoms with van der Waals surface area (Å²) in [5.74, 6) is -0.172. The van der Waals surface area contributed by atoms with Crippen molar-refractivity contribution in [2.24, 2.45) is 0 Å². The minimum Gasteiger partial charge on any atom is -0.287 e. The molecule has 0 atom stereocenters. The zero-order valence-corrected chi connectivity index (χ0v) is 18.6. The number of nitrogens with one attached hydrogen (secondary N) is 1. The van der Waals surface area contributed by atoms with Crippen molar-refractivity contribution in [1.29, 1.82) is 0 Å². The molecule has 3 aromatic heterocycles. The van der Waals surface area contributed by atoms with Gasteiger partial charge in [-0.1, -0.05) is 48.2 Å². The molecule has 0 aliphatic heterocycles. The molecule has 0 fully saturated rings. The van der Waals surface area contributed by atoms with Gasteiger partial charge < -0.3 is 0 Å². The molecule has 9 heteroatoms. The number of hydrogen-bond acceptors (Lipinski definition) is 7. The lowest BCUT2D eigenvalue weighted by Crippen LogP contribution is -2.27. The molecule has 1 aromatic carbocycles. The van der Waals surface area contributed by atoms with E-state index in [-0.39, 0.29) is 17.2 Å². The number of benzene rings is 1. The number of thioether (sulfide) groups is 1. The summed E-state index contributed by atoms with van der Waals surface area (Å²) < 4.78 is 1.62. The Morgan fingerprint density at radius 3 is 2.77 bits per heavy atom. The van der Waals surface area contributed by atoms with Crippen molar-refractivity contribution in [2.75, 3.05) is 5.75 Å². The van der Waals surface area contributed by atoms with E-state index in [0.717, 1.165) is 16.0 Å². The Bertz CT molecular complexity index is 1200. The van der Waals surface area contributed by atoms with Crippen molar-refractivity contribution < 1.29 is 9.63 Å². The first-order chi connectivity index (χ1) is 14.7. The minimum atomic E-state index is -0.279. The van der Waals surface area contributed by atoms with E-state index < -0.39 is 0 Å². The molecule has 0 unspecified atom stereocenters. The fourth-order valence-electron chi connectivity index (χ4n) is 2.94. The first kappa shape index (κ1) is 20.8. The molecule has 3 heterocycles. The van der Waals surface area contributed by atoms with Gasteiger partial charge in [-0.2, -0.15) is 0 Å². The van der Waals surface area contributed by atoms with Crippen LogP contribution >= 0.6 is 34.4 Å². The third-order valence-electron chi connectivity index (χ3n) is 4.36. The van der Waals surface area contributed by atoms with Gasteiger partial charge in [0.2, 0.25) is 0 Å². The fraction of sp³-hybridized carbons (Fsp3) is 0.190. The SMILES string of the molecule is CCn1c(SCC(=O)NOCc2ccccc2)nc2scc(-c3cccs3)c2c1=O. The number of rotatable bonds is 8. The van der Waals surface area contributed by atoms with Crippen molar-refractivity contribution in [3.63, 3.8) is 0 Å². The molecule has 0 saturated carbocycles. The Kier molecular flexibility index (Phi) is 6.63. The second-order valence-corrected chi connectivity index (χ2v) is 9.09. The maximum absolute atomic E-state index is 13.1. The van der Waals surface area contributed by atoms with Crippen LogP contribution in [0.25, 0.3) is 20.7 Å². The quantitative estimate of drug-likeness (QED) is 0.239. The van der Waals surface area contributed by atoms with E-state index in [4.69, 9.17) is 4.84 Å². The molecule has 0 aliphatic carbocycles. The molecule has 30 heavy (non-hydrogen) atoms. The van der Waals surface area contributed by atoms with Crippen LogP contribution in [0.2, 0.25) is 0 Å². The fourth-order valence-corrected chi connectivity index (χ4v) is 5.59. The number of aromatic nitrogens is 2. The van der Waals surface area contributed by atoms with E-state index in [2.05, 4.69) is 10.5 Å². The van der Waals surface area contributed by atoms with Gasteiger partial charge in [0.25, 0.3) is 11.5 Å². The molecule has 0 saturated heterocycles. The van der Waals surface area contributed by atoms with E-state index in [1.165, 1.54) is 23.1 Å². The molecule has 0 aliphatic rings. The molecule has 154 valence electrons. The Balaban J connectivity index is 1.46. The lowest BCUT2D eigenvalue weighted by Gasteiger charge is -2.10. The highest BCUT2D eigenvalue weighted by atomic mass is 32.2. The van der Waals surface area contributed by atoms with Crippen LogP contribution in [0.15, 0.2) is 63.2 Å². The van der Waals surface area contributed by atoms with Crippen LogP contribution in [0, 0.1) is 0 Å². The smallest absolute Gasteiger partial charge is 0.263 e. The van der Waals surface area contributed by atoms with Crippen LogP contribution < -0.4 is 11.0 Å². The second kappa shape index (κ2) is 9.57. The maximum atomic E-state index is 13.1. The van der Waals surface area contributed by atoms with Crippen LogP contribution in [-0.4, -0.2) is 21.2 Å². The van der Waals surface area contributed by atoms with Gasteiger partial charge in [-0.25, -0.2) is 10.5 Å². The molecule has 0 spiro atoms. The van der Waals surface area contributed by atoms with Gasteiger partial charge in [0.15, 0.2) is 5.16 Å². The van der Waals surface area contributed by atoms with Crippen molar-refractivity contribution in [1.82, 2.24) is 15.0 Å². The zero-order chi connectivity index (χ0) is 20.9. The standard InChI is InChI=1S/C21H19N3O3S3/c1-2-24-20(26)18-15(16-9-6-10-28-16)12-29-19(18)22-21(24)30-13-17(25)23-27-11-14-7-4-3-5-8-14/h3-10,12H,2,11,13H2,1H3,(H,23,25). The molecule has 1 N–H and O–H groups in total. The molecule has 6 nitrogen and oxygen atoms in total. The predicted molar refractivity (Wildman–Crippen MR) is 123 cm³/mol. The number of carbonyl (C=O) groups is 1. The molecular formula is C21H19N3O3S3. The Labute approximate surface area is 185 Å². The van der Waals surface area contributed by atoms with Crippen LogP contribution in [0.3, 0.4) is 0 Å². The molecule has 0 bridgehead atoms. The van der Waals surface area contributed by atoms with Gasteiger partial charge in [0.05, 0.1) is 17.7 Å². The Hall–Kier alpha value is -2.46. The van der Waals surface area contributed by atoms with Gasteiger partial charge in [-0.05, 0) is 23.9 Å². The highest BCUT2D eigenvalue weighted by Gasteiger charge is 2.18. The van der Waals surface area contributed by atoms with Crippen LogP contribution in [0.5, 0.6) is 0 Å². The van der Waals surface area contributed by atoms with E-state index in [1.54, 1.807) is 15.9 Å². The van der Waals surface area contributed by atoms with E-state index in [0.29, 0.717) is 28.5 Å². The zero-order valence-electron chi connectivity index (χ0n) is 16.2. The minimum absolute atomic E-state index is 0.0737. The first-order valence-electron chi connectivity index (χ1n) is 9.30. The third-order valence-corrected chi connectivity index (χ3v) is 7.11. The molecule has 1 amide bonds. The summed E-state index contributed by atoms with van der Waals surface area (Å²) in [5, 5.41) is 5.15. The normalized spacial score (nSPS) is 11.1. The van der Waals surface area contributed by atoms with Crippen LogP contribution in [0.4, 0.5) is 0 Å². The number of hydrogen-bond donors (Lipinski definition) is 1. The van der Waals surface area contributed by atoms with E-state index in [1.807, 2.05) is 60.1 Å². The van der Waals surface area contributed by atoms with E-state index >= 15 is 0 Å². The lowest BCUT2D eigenvalue weighted by atomic mass is 10.2. The van der Waals surface area contributed by atoms with Crippen LogP contribution in [0.1, 0.15) is 12.5 Å². The number of thiophene rings is 2. The molecule has 4 aromatic rings. The topological polar surface area (TPSA) is 73.2 Å². The third kappa shape index (κ3) is 4.49. The summed E-state index contributed by atoms with van der Waals surface area (Å²) in [6.45, 7) is 2.68. The summed E-state index contributed by atoms with van der Waals surface area (Å²) in [6, 6.07) is 13.6. The van der Waals surface area contributed by atoms with Gasteiger partial charge in [-0.3, -0.25) is 19.0 Å². The highest BCUT2D eigenvalue weighted by Crippen LogP contribution is 2.34. The van der Waals surface area contributed by atoms with Crippen molar-refractivity contribution in [3.8, 4) is 10.4 Å². The van der Waals surface area contributed by atoms with Gasteiger partial charge in [0.1, 0.15) is 4.83 Å². The average molecular weight is 458 g/mol. The number of hydroxylamine groups is 1. The van der Waals surface area contributed by atoms with Gasteiger partial charge in [-0.15, -0.1) is 22.7 Å². The number of fused-ring (bicyclic) bond motifs is 1. The lowest BCUT2D eigenvalue weighted by molar-refractivity contribution is -0.131. The van der Waals surface area contributed by atoms with Crippen molar-refractivity contribution in [2.45, 2.75) is 25.2 Å². The van der Waals surface area contributed by atoms with E-state index in [9.17, 15) is 9.59 Å². The summed E-state index contributed by atoms with van der Waals surface area (Å²) in [7, 11) is 0. The highest BCUT2D eigenvalue weighted by molar-refractivity contribution is 7.99. The van der Waals surface area contributed by atoms with Crippen molar-refractivity contribution >= 4 is 50.6 Å². The molecule has 0 radical (unpaired) electrons. The predicted octanol–water partition coefficient (Wildman–Crippen LogP) is 4.55. The van der Waals surface area contributed by atoms with Gasteiger partial charge in [0, 0.05) is 22.4 Å². The average Bonchev–Trinajstić information content (AvgIpc) is 3.43. The molecule has 4 rings (SSSR count). The summed E-state index contributed by atoms with van der Waals surface area (Å²) >= 11 is 4.28. The Morgan fingerprint density at radius 2 is 2.03 bits per heavy atom. The number of nitrogens with zero attached hydrogens (tertiary/aromatic N) is 2. The van der Waals surface area contributed by atoms with Crippen molar-refractivity contribution in [3.05, 3.63) is 69.1 Å². The summed E-state index contributed by atoms with van der Waals surface area (Å²) in [5.41, 5.74) is 4.26. The Morgan fingerprint density at radius 1 is 1.20 bits per heavy atom. The molecular weight excluding hydrogens is 438 g/mol. The first-order valence-corrected chi connectivity index (χ1v) is 12.0. The second-order valence-electron chi connectivity index (χ2n) is 6.34.